The Morgan fingerprint density at radius 1 is 0.900 bits per heavy atom. The van der Waals surface area contributed by atoms with Crippen LogP contribution in [0.4, 0.5) is 0 Å². The van der Waals surface area contributed by atoms with E-state index in [4.69, 9.17) is 0 Å². The normalized spacial score (nSPS) is 15.8. The lowest BCUT2D eigenvalue weighted by Crippen LogP contribution is -2.25. The lowest BCUT2D eigenvalue weighted by molar-refractivity contribution is 0.341. The van der Waals surface area contributed by atoms with Crippen LogP contribution in [0.2, 0.25) is 0 Å². The van der Waals surface area contributed by atoms with E-state index in [2.05, 4.69) is 35.6 Å². The first-order valence-corrected chi connectivity index (χ1v) is 8.20. The summed E-state index contributed by atoms with van der Waals surface area (Å²) >= 11 is 0. The molecule has 114 valence electrons. The summed E-state index contributed by atoms with van der Waals surface area (Å²) in [6.45, 7) is 2.48. The van der Waals surface area contributed by atoms with E-state index in [-0.39, 0.29) is 12.4 Å². The highest BCUT2D eigenvalue weighted by Gasteiger charge is 2.11. The Kier molecular flexibility index (Phi) is 9.78. The van der Waals surface area contributed by atoms with Crippen molar-refractivity contribution in [3.8, 4) is 0 Å². The van der Waals surface area contributed by atoms with Crippen molar-refractivity contribution in [1.29, 1.82) is 0 Å². The second-order valence-electron chi connectivity index (χ2n) is 6.00. The second kappa shape index (κ2) is 11.2. The smallest absolute Gasteiger partial charge is 0.00205 e. The number of nitrogens with one attached hydrogen (secondary N) is 1. The van der Waals surface area contributed by atoms with E-state index in [9.17, 15) is 0 Å². The Hall–Kier alpha value is -0.530. The Morgan fingerprint density at radius 3 is 2.40 bits per heavy atom. The molecule has 0 aliphatic heterocycles. The summed E-state index contributed by atoms with van der Waals surface area (Å²) in [6.07, 6.45) is 12.6. The highest BCUT2D eigenvalue weighted by atomic mass is 35.5. The van der Waals surface area contributed by atoms with Gasteiger partial charge in [0, 0.05) is 0 Å². The first-order chi connectivity index (χ1) is 9.45. The topological polar surface area (TPSA) is 12.0 Å². The van der Waals surface area contributed by atoms with Gasteiger partial charge < -0.3 is 5.32 Å². The van der Waals surface area contributed by atoms with Gasteiger partial charge in [-0.25, -0.2) is 0 Å². The van der Waals surface area contributed by atoms with Crippen LogP contribution in [0.5, 0.6) is 0 Å². The first-order valence-electron chi connectivity index (χ1n) is 8.20. The minimum absolute atomic E-state index is 0. The third-order valence-corrected chi connectivity index (χ3v) is 4.32. The summed E-state index contributed by atoms with van der Waals surface area (Å²) in [6, 6.07) is 10.9. The zero-order valence-electron chi connectivity index (χ0n) is 12.7. The molecule has 0 amide bonds. The second-order valence-corrected chi connectivity index (χ2v) is 6.00. The van der Waals surface area contributed by atoms with Gasteiger partial charge in [0.15, 0.2) is 0 Å². The molecular weight excluding hydrogens is 266 g/mol. The van der Waals surface area contributed by atoms with Crippen molar-refractivity contribution in [2.24, 2.45) is 5.92 Å². The molecule has 0 radical (unpaired) electrons. The average Bonchev–Trinajstić information content (AvgIpc) is 2.48. The predicted molar refractivity (Wildman–Crippen MR) is 90.7 cm³/mol. The number of rotatable bonds is 8. The van der Waals surface area contributed by atoms with Crippen molar-refractivity contribution in [2.75, 3.05) is 13.1 Å². The van der Waals surface area contributed by atoms with Gasteiger partial charge in [-0.15, -0.1) is 12.4 Å². The lowest BCUT2D eigenvalue weighted by atomic mass is 9.89. The molecule has 0 spiro atoms. The van der Waals surface area contributed by atoms with E-state index < -0.39 is 0 Å². The highest BCUT2D eigenvalue weighted by Crippen LogP contribution is 2.22. The third-order valence-electron chi connectivity index (χ3n) is 4.32. The van der Waals surface area contributed by atoms with Gasteiger partial charge in [0.1, 0.15) is 0 Å². The van der Waals surface area contributed by atoms with E-state index in [1.807, 2.05) is 0 Å². The van der Waals surface area contributed by atoms with Gasteiger partial charge in [0.05, 0.1) is 0 Å². The highest BCUT2D eigenvalue weighted by molar-refractivity contribution is 5.85. The molecule has 1 aliphatic rings. The van der Waals surface area contributed by atoms with Crippen LogP contribution in [-0.2, 0) is 6.42 Å². The van der Waals surface area contributed by atoms with E-state index in [1.54, 1.807) is 0 Å². The van der Waals surface area contributed by atoms with Crippen LogP contribution in [0, 0.1) is 5.92 Å². The number of hydrogen-bond donors (Lipinski definition) is 1. The quantitative estimate of drug-likeness (QED) is 0.666. The van der Waals surface area contributed by atoms with Crippen molar-refractivity contribution in [2.45, 2.75) is 57.8 Å². The minimum Gasteiger partial charge on any atom is -0.316 e. The molecule has 0 unspecified atom stereocenters. The number of halogens is 1. The fraction of sp³-hybridized carbons (Fsp3) is 0.667. The van der Waals surface area contributed by atoms with Gasteiger partial charge in [-0.1, -0.05) is 56.0 Å². The molecule has 2 heteroatoms. The molecule has 0 saturated heterocycles. The van der Waals surface area contributed by atoms with E-state index in [0.29, 0.717) is 0 Å². The molecule has 0 atom stereocenters. The van der Waals surface area contributed by atoms with Crippen LogP contribution >= 0.6 is 12.4 Å². The molecular formula is C18H30ClN. The molecule has 1 aromatic rings. The zero-order chi connectivity index (χ0) is 13.2. The van der Waals surface area contributed by atoms with Crippen molar-refractivity contribution in [1.82, 2.24) is 5.32 Å². The SMILES string of the molecule is Cl.c1ccc(CCCCCNCC2CCCCC2)cc1. The predicted octanol–water partition coefficient (Wildman–Crippen LogP) is 4.99. The Balaban J connectivity index is 0.00000200. The summed E-state index contributed by atoms with van der Waals surface area (Å²) in [7, 11) is 0. The standard InChI is InChI=1S/C18H29N.ClH/c1-4-10-17(11-5-1)12-8-3-9-15-19-16-18-13-6-2-7-14-18;/h1,4-5,10-11,18-19H,2-3,6-9,12-16H2;1H. The van der Waals surface area contributed by atoms with Crippen molar-refractivity contribution in [3.05, 3.63) is 35.9 Å². The summed E-state index contributed by atoms with van der Waals surface area (Å²) in [5.41, 5.74) is 1.48. The fourth-order valence-corrected chi connectivity index (χ4v) is 3.10. The van der Waals surface area contributed by atoms with Gasteiger partial charge in [-0.3, -0.25) is 0 Å². The van der Waals surface area contributed by atoms with Crippen LogP contribution in [-0.4, -0.2) is 13.1 Å². The molecule has 1 nitrogen and oxygen atoms in total. The Bertz CT molecular complexity index is 319. The number of benzene rings is 1. The molecule has 1 fully saturated rings. The van der Waals surface area contributed by atoms with Crippen LogP contribution in [0.3, 0.4) is 0 Å². The maximum Gasteiger partial charge on any atom is -0.00205 e. The van der Waals surface area contributed by atoms with Crippen molar-refractivity contribution >= 4 is 12.4 Å². The molecule has 1 saturated carbocycles. The molecule has 1 aliphatic carbocycles. The minimum atomic E-state index is 0. The lowest BCUT2D eigenvalue weighted by Gasteiger charge is -2.21. The fourth-order valence-electron chi connectivity index (χ4n) is 3.10. The van der Waals surface area contributed by atoms with Crippen LogP contribution in [0.1, 0.15) is 56.9 Å². The number of unbranched alkanes of at least 4 members (excludes halogenated alkanes) is 2. The molecule has 1 N–H and O–H groups in total. The van der Waals surface area contributed by atoms with Gasteiger partial charge in [0.2, 0.25) is 0 Å². The zero-order valence-corrected chi connectivity index (χ0v) is 13.5. The monoisotopic (exact) mass is 295 g/mol. The first kappa shape index (κ1) is 17.5. The molecule has 20 heavy (non-hydrogen) atoms. The third kappa shape index (κ3) is 7.31. The maximum absolute atomic E-state index is 3.65. The van der Waals surface area contributed by atoms with E-state index >= 15 is 0 Å². The molecule has 2 rings (SSSR count). The van der Waals surface area contributed by atoms with Crippen LogP contribution < -0.4 is 5.32 Å². The van der Waals surface area contributed by atoms with Crippen LogP contribution in [0.25, 0.3) is 0 Å². The molecule has 0 bridgehead atoms. The van der Waals surface area contributed by atoms with Crippen LogP contribution in [0.15, 0.2) is 30.3 Å². The summed E-state index contributed by atoms with van der Waals surface area (Å²) in [4.78, 5) is 0. The van der Waals surface area contributed by atoms with Gasteiger partial charge in [-0.05, 0) is 56.7 Å². The molecule has 0 heterocycles. The van der Waals surface area contributed by atoms with Crippen molar-refractivity contribution in [3.63, 3.8) is 0 Å². The van der Waals surface area contributed by atoms with Gasteiger partial charge in [0.25, 0.3) is 0 Å². The number of hydrogen-bond acceptors (Lipinski definition) is 1. The largest absolute Gasteiger partial charge is 0.316 e. The van der Waals surface area contributed by atoms with E-state index in [1.165, 1.54) is 76.4 Å². The Labute approximate surface area is 131 Å². The molecule has 1 aromatic carbocycles. The average molecular weight is 296 g/mol. The molecule has 0 aromatic heterocycles. The van der Waals surface area contributed by atoms with Crippen molar-refractivity contribution < 1.29 is 0 Å². The van der Waals surface area contributed by atoms with E-state index in [0.717, 1.165) is 5.92 Å². The summed E-state index contributed by atoms with van der Waals surface area (Å²) in [5.74, 6) is 0.970. The Morgan fingerprint density at radius 2 is 1.65 bits per heavy atom. The summed E-state index contributed by atoms with van der Waals surface area (Å²) in [5, 5.41) is 3.65. The van der Waals surface area contributed by atoms with Gasteiger partial charge >= 0.3 is 0 Å². The maximum atomic E-state index is 3.65. The van der Waals surface area contributed by atoms with Gasteiger partial charge in [-0.2, -0.15) is 0 Å². The summed E-state index contributed by atoms with van der Waals surface area (Å²) < 4.78 is 0. The number of aryl methyl sites for hydroxylation is 1.